The summed E-state index contributed by atoms with van der Waals surface area (Å²) in [4.78, 5) is 25.0. The van der Waals surface area contributed by atoms with Crippen molar-refractivity contribution >= 4 is 11.8 Å². The van der Waals surface area contributed by atoms with Gasteiger partial charge in [-0.05, 0) is 97.7 Å². The van der Waals surface area contributed by atoms with Gasteiger partial charge in [0.15, 0.2) is 0 Å². The van der Waals surface area contributed by atoms with E-state index in [2.05, 4.69) is 41.5 Å². The molecule has 0 saturated heterocycles. The molecule has 3 heteroatoms. The lowest BCUT2D eigenvalue weighted by molar-refractivity contribution is -0.225. The van der Waals surface area contributed by atoms with Crippen LogP contribution in [0.15, 0.2) is 11.1 Å². The highest BCUT2D eigenvalue weighted by atomic mass is 16.5. The van der Waals surface area contributed by atoms with E-state index in [-0.39, 0.29) is 33.5 Å². The van der Waals surface area contributed by atoms with Crippen LogP contribution in [0.1, 0.15) is 119 Å². The fourth-order valence-electron chi connectivity index (χ4n) is 10.3. The van der Waals surface area contributed by atoms with Crippen molar-refractivity contribution in [2.24, 2.45) is 44.8 Å². The molecule has 5 aliphatic carbocycles. The van der Waals surface area contributed by atoms with Crippen molar-refractivity contribution in [2.45, 2.75) is 119 Å². The first-order chi connectivity index (χ1) is 15.8. The summed E-state index contributed by atoms with van der Waals surface area (Å²) in [6.45, 7) is 16.9. The zero-order chi connectivity index (χ0) is 24.7. The van der Waals surface area contributed by atoms with Gasteiger partial charge >= 0.3 is 5.97 Å². The van der Waals surface area contributed by atoms with Crippen molar-refractivity contribution in [2.75, 3.05) is 6.61 Å². The number of Topliss-reactive ketones (excluding diaryl/α,β-unsaturated/α-hetero) is 1. The fraction of sp³-hybridized carbons (Fsp3) is 0.871. The quantitative estimate of drug-likeness (QED) is 0.308. The normalized spacial score (nSPS) is 47.7. The van der Waals surface area contributed by atoms with Gasteiger partial charge in [-0.15, -0.1) is 0 Å². The molecular weight excluding hydrogens is 420 g/mol. The molecule has 190 valence electrons. The van der Waals surface area contributed by atoms with E-state index < -0.39 is 0 Å². The Balaban J connectivity index is 1.60. The van der Waals surface area contributed by atoms with Crippen molar-refractivity contribution in [1.29, 1.82) is 0 Å². The maximum absolute atomic E-state index is 12.9. The SMILES string of the molecule is CC(=O)OC[C@@]12CC[C@@]3(C)C4=C(CCC(C)(C)C4)CC[C@]3(C)[C@H]1CC[C@@]1(C)[C@H]2CCC(=O)[C@@H]1C. The predicted molar refractivity (Wildman–Crippen MR) is 136 cm³/mol. The van der Waals surface area contributed by atoms with Gasteiger partial charge in [0.1, 0.15) is 5.78 Å². The Morgan fingerprint density at radius 1 is 0.912 bits per heavy atom. The van der Waals surface area contributed by atoms with E-state index in [9.17, 15) is 9.59 Å². The first kappa shape index (κ1) is 24.6. The van der Waals surface area contributed by atoms with E-state index in [1.54, 1.807) is 18.1 Å². The molecule has 0 bridgehead atoms. The summed E-state index contributed by atoms with van der Waals surface area (Å²) in [7, 11) is 0. The van der Waals surface area contributed by atoms with Crippen LogP contribution in [0.25, 0.3) is 0 Å². The second kappa shape index (κ2) is 7.69. The second-order valence-corrected chi connectivity index (χ2v) is 14.6. The minimum atomic E-state index is -0.151. The lowest BCUT2D eigenvalue weighted by Gasteiger charge is -2.71. The summed E-state index contributed by atoms with van der Waals surface area (Å²) in [5.41, 5.74) is 4.49. The first-order valence-electron chi connectivity index (χ1n) is 14.2. The molecule has 0 spiro atoms. The number of rotatable bonds is 2. The fourth-order valence-corrected chi connectivity index (χ4v) is 10.3. The monoisotopic (exact) mass is 468 g/mol. The van der Waals surface area contributed by atoms with Gasteiger partial charge in [0, 0.05) is 24.7 Å². The Kier molecular flexibility index (Phi) is 5.56. The van der Waals surface area contributed by atoms with Gasteiger partial charge in [-0.25, -0.2) is 0 Å². The molecule has 0 amide bonds. The van der Waals surface area contributed by atoms with E-state index >= 15 is 0 Å². The molecule has 5 rings (SSSR count). The molecule has 0 N–H and O–H groups in total. The number of hydrogen-bond acceptors (Lipinski definition) is 3. The number of allylic oxidation sites excluding steroid dienone is 2. The topological polar surface area (TPSA) is 43.4 Å². The third kappa shape index (κ3) is 3.20. The number of hydrogen-bond donors (Lipinski definition) is 0. The predicted octanol–water partition coefficient (Wildman–Crippen LogP) is 7.67. The number of esters is 1. The third-order valence-corrected chi connectivity index (χ3v) is 12.8. The standard InChI is InChI=1S/C31H48O3/c1-20-24(33)8-9-25-28(20,5)14-12-26-30(7)15-11-22-10-13-27(3,4)18-23(22)29(30,6)16-17-31(25,26)19-34-21(2)32/h20,25-26H,8-19H2,1-7H3/t20-,25+,26+,28+,29-,30+,31+/m0/s1. The summed E-state index contributed by atoms with van der Waals surface area (Å²) in [5.74, 6) is 1.42. The smallest absolute Gasteiger partial charge is 0.302 e. The molecule has 0 heterocycles. The summed E-state index contributed by atoms with van der Waals surface area (Å²) in [6.07, 6.45) is 12.7. The summed E-state index contributed by atoms with van der Waals surface area (Å²) in [6, 6.07) is 0. The molecule has 0 aliphatic heterocycles. The number of carbonyl (C=O) groups excluding carboxylic acids is 2. The molecular formula is C31H48O3. The number of ether oxygens (including phenoxy) is 1. The van der Waals surface area contributed by atoms with Crippen LogP contribution in [-0.4, -0.2) is 18.4 Å². The van der Waals surface area contributed by atoms with E-state index in [4.69, 9.17) is 4.74 Å². The molecule has 3 fully saturated rings. The molecule has 0 unspecified atom stereocenters. The van der Waals surface area contributed by atoms with Gasteiger partial charge in [-0.2, -0.15) is 0 Å². The minimum absolute atomic E-state index is 0.00411. The summed E-state index contributed by atoms with van der Waals surface area (Å²) < 4.78 is 5.96. The maximum atomic E-state index is 12.9. The summed E-state index contributed by atoms with van der Waals surface area (Å²) in [5, 5.41) is 0. The molecule has 34 heavy (non-hydrogen) atoms. The Hall–Kier alpha value is -1.12. The van der Waals surface area contributed by atoms with Crippen LogP contribution in [0.3, 0.4) is 0 Å². The van der Waals surface area contributed by atoms with Crippen LogP contribution in [0.2, 0.25) is 0 Å². The Labute approximate surface area is 207 Å². The van der Waals surface area contributed by atoms with Crippen molar-refractivity contribution in [3.05, 3.63) is 11.1 Å². The Morgan fingerprint density at radius 2 is 1.62 bits per heavy atom. The highest BCUT2D eigenvalue weighted by Crippen LogP contribution is 2.75. The van der Waals surface area contributed by atoms with Gasteiger partial charge in [-0.3, -0.25) is 9.59 Å². The lowest BCUT2D eigenvalue weighted by atomic mass is 9.33. The number of carbonyl (C=O) groups is 2. The van der Waals surface area contributed by atoms with Crippen LogP contribution in [0.4, 0.5) is 0 Å². The maximum Gasteiger partial charge on any atom is 0.302 e. The van der Waals surface area contributed by atoms with Crippen LogP contribution in [-0.2, 0) is 14.3 Å². The third-order valence-electron chi connectivity index (χ3n) is 12.8. The largest absolute Gasteiger partial charge is 0.465 e. The highest BCUT2D eigenvalue weighted by Gasteiger charge is 2.69. The van der Waals surface area contributed by atoms with Crippen molar-refractivity contribution in [3.63, 3.8) is 0 Å². The molecule has 3 nitrogen and oxygen atoms in total. The van der Waals surface area contributed by atoms with E-state index in [1.165, 1.54) is 44.9 Å². The van der Waals surface area contributed by atoms with Crippen molar-refractivity contribution < 1.29 is 14.3 Å². The van der Waals surface area contributed by atoms with E-state index in [0.29, 0.717) is 36.1 Å². The highest BCUT2D eigenvalue weighted by molar-refractivity contribution is 5.82. The molecule has 3 saturated carbocycles. The Bertz CT molecular complexity index is 929. The molecule has 7 atom stereocenters. The average Bonchev–Trinajstić information content (AvgIpc) is 2.76. The molecule has 5 aliphatic rings. The Morgan fingerprint density at radius 3 is 2.32 bits per heavy atom. The van der Waals surface area contributed by atoms with E-state index in [1.807, 2.05) is 0 Å². The van der Waals surface area contributed by atoms with Gasteiger partial charge in [0.05, 0.1) is 6.61 Å². The van der Waals surface area contributed by atoms with E-state index in [0.717, 1.165) is 19.3 Å². The molecule has 0 radical (unpaired) electrons. The molecule has 0 aromatic rings. The van der Waals surface area contributed by atoms with Crippen LogP contribution >= 0.6 is 0 Å². The van der Waals surface area contributed by atoms with Gasteiger partial charge < -0.3 is 4.74 Å². The molecule has 0 aromatic heterocycles. The number of ketones is 1. The second-order valence-electron chi connectivity index (χ2n) is 14.6. The van der Waals surface area contributed by atoms with Crippen LogP contribution < -0.4 is 0 Å². The lowest BCUT2D eigenvalue weighted by Crippen LogP contribution is -2.66. The summed E-state index contributed by atoms with van der Waals surface area (Å²) >= 11 is 0. The zero-order valence-electron chi connectivity index (χ0n) is 22.9. The molecule has 0 aromatic carbocycles. The van der Waals surface area contributed by atoms with Gasteiger partial charge in [-0.1, -0.05) is 52.7 Å². The first-order valence-corrected chi connectivity index (χ1v) is 14.2. The van der Waals surface area contributed by atoms with Crippen molar-refractivity contribution in [3.8, 4) is 0 Å². The average molecular weight is 469 g/mol. The number of fused-ring (bicyclic) bond motifs is 6. The minimum Gasteiger partial charge on any atom is -0.465 e. The van der Waals surface area contributed by atoms with Gasteiger partial charge in [0.2, 0.25) is 0 Å². The zero-order valence-corrected chi connectivity index (χ0v) is 22.9. The van der Waals surface area contributed by atoms with Crippen molar-refractivity contribution in [1.82, 2.24) is 0 Å². The van der Waals surface area contributed by atoms with Gasteiger partial charge in [0.25, 0.3) is 0 Å². The van der Waals surface area contributed by atoms with Crippen LogP contribution in [0, 0.1) is 44.8 Å². The van der Waals surface area contributed by atoms with Crippen LogP contribution in [0.5, 0.6) is 0 Å².